The summed E-state index contributed by atoms with van der Waals surface area (Å²) in [7, 11) is 0. The van der Waals surface area contributed by atoms with Crippen molar-refractivity contribution in [2.75, 3.05) is 106 Å². The molecule has 3 heterocycles. The zero-order valence-corrected chi connectivity index (χ0v) is 32.7. The summed E-state index contributed by atoms with van der Waals surface area (Å²) in [5, 5.41) is 24.3. The third-order valence-electron chi connectivity index (χ3n) is 10.0. The molecule has 4 aromatic rings. The summed E-state index contributed by atoms with van der Waals surface area (Å²) in [4.78, 5) is 14.5. The number of phenolic OH excluding ortho intramolecular Hbond substituents is 2. The third-order valence-corrected chi connectivity index (χ3v) is 10.0. The molecule has 0 fully saturated rings. The first-order valence-electron chi connectivity index (χ1n) is 19.8. The van der Waals surface area contributed by atoms with Gasteiger partial charge in [-0.2, -0.15) is 0 Å². The van der Waals surface area contributed by atoms with Crippen LogP contribution < -0.4 is 0 Å². The number of carbonyl (C=O) groups is 1. The van der Waals surface area contributed by atoms with Gasteiger partial charge in [0.1, 0.15) is 11.5 Å². The SMILES string of the molecule is O=C1OC(c2c3cc(O)cc2COCCOCCOCCOCCOC3)(c2c3cc(O)cc2COCCOCCOCCOCCOC3)c2cc3ccccc3cc21. The van der Waals surface area contributed by atoms with E-state index in [0.717, 1.165) is 10.8 Å². The first-order valence-corrected chi connectivity index (χ1v) is 19.8. The lowest BCUT2D eigenvalue weighted by Gasteiger charge is -2.37. The van der Waals surface area contributed by atoms with E-state index >= 15 is 0 Å². The van der Waals surface area contributed by atoms with E-state index in [9.17, 15) is 15.0 Å². The molecule has 0 unspecified atom stereocenters. The van der Waals surface area contributed by atoms with Gasteiger partial charge >= 0.3 is 5.97 Å². The van der Waals surface area contributed by atoms with Crippen molar-refractivity contribution in [1.82, 2.24) is 0 Å². The van der Waals surface area contributed by atoms with E-state index in [1.54, 1.807) is 24.3 Å². The summed E-state index contributed by atoms with van der Waals surface area (Å²) in [6, 6.07) is 18.1. The predicted molar refractivity (Wildman–Crippen MR) is 209 cm³/mol. The average Bonchev–Trinajstić information content (AvgIpc) is 3.49. The highest BCUT2D eigenvalue weighted by Gasteiger charge is 2.53. The molecule has 4 bridgehead atoms. The standard InChI is InChI=1S/C44H52O14/c45-37-21-33-27-54-17-13-50-9-5-48-6-10-51-14-18-55-28-34(22-37)41(33)44(40-26-32-4-2-1-3-31(32)25-39(40)43(47)58-44)42-35-23-38(46)24-36(42)30-57-20-16-53-12-8-49-7-11-52-15-19-56-29-35/h1-4,21-26,45-46H,5-20,27-30H2. The second-order valence-corrected chi connectivity index (χ2v) is 14.0. The van der Waals surface area contributed by atoms with Crippen molar-refractivity contribution in [3.63, 3.8) is 0 Å². The summed E-state index contributed by atoms with van der Waals surface area (Å²) >= 11 is 0. The Kier molecular flexibility index (Phi) is 15.3. The highest BCUT2D eigenvalue weighted by atomic mass is 16.6. The van der Waals surface area contributed by atoms with Gasteiger partial charge in [0.25, 0.3) is 0 Å². The highest BCUT2D eigenvalue weighted by molar-refractivity contribution is 6.01. The van der Waals surface area contributed by atoms with Crippen molar-refractivity contribution in [2.24, 2.45) is 0 Å². The quantitative estimate of drug-likeness (QED) is 0.264. The zero-order valence-electron chi connectivity index (χ0n) is 32.7. The Bertz CT molecular complexity index is 1800. The van der Waals surface area contributed by atoms with Crippen molar-refractivity contribution >= 4 is 16.7 Å². The summed E-state index contributed by atoms with van der Waals surface area (Å²) in [6.07, 6.45) is 0. The molecule has 3 aliphatic rings. The summed E-state index contributed by atoms with van der Waals surface area (Å²) < 4.78 is 66.0. The molecule has 14 heteroatoms. The Morgan fingerprint density at radius 1 is 0.414 bits per heavy atom. The maximum atomic E-state index is 14.5. The van der Waals surface area contributed by atoms with Gasteiger partial charge < -0.3 is 62.3 Å². The van der Waals surface area contributed by atoms with Crippen LogP contribution in [0.1, 0.15) is 49.3 Å². The van der Waals surface area contributed by atoms with Gasteiger partial charge in [-0.15, -0.1) is 0 Å². The fourth-order valence-corrected chi connectivity index (χ4v) is 7.59. The number of ether oxygens (including phenoxy) is 11. The van der Waals surface area contributed by atoms with Gasteiger partial charge in [0.05, 0.1) is 138 Å². The van der Waals surface area contributed by atoms with Gasteiger partial charge in [0.15, 0.2) is 5.60 Å². The number of hydrogen-bond donors (Lipinski definition) is 2. The fraction of sp³-hybridized carbons (Fsp3) is 0.477. The number of aromatic hydroxyl groups is 2. The van der Waals surface area contributed by atoms with Gasteiger partial charge in [-0.1, -0.05) is 24.3 Å². The van der Waals surface area contributed by atoms with Crippen molar-refractivity contribution in [3.05, 3.63) is 105 Å². The van der Waals surface area contributed by atoms with Crippen LogP contribution in [-0.4, -0.2) is 122 Å². The lowest BCUT2D eigenvalue weighted by Crippen LogP contribution is -2.35. The molecule has 0 radical (unpaired) electrons. The second-order valence-electron chi connectivity index (χ2n) is 14.0. The maximum absolute atomic E-state index is 14.5. The smallest absolute Gasteiger partial charge is 0.340 e. The van der Waals surface area contributed by atoms with Crippen LogP contribution in [0.2, 0.25) is 0 Å². The van der Waals surface area contributed by atoms with E-state index in [1.165, 1.54) is 0 Å². The van der Waals surface area contributed by atoms with Crippen LogP contribution in [0.5, 0.6) is 11.5 Å². The molecule has 58 heavy (non-hydrogen) atoms. The molecule has 0 atom stereocenters. The van der Waals surface area contributed by atoms with Crippen LogP contribution in [-0.2, 0) is 84.1 Å². The first-order chi connectivity index (χ1) is 28.5. The van der Waals surface area contributed by atoms with E-state index in [2.05, 4.69) is 0 Å². The van der Waals surface area contributed by atoms with Crippen molar-refractivity contribution in [1.29, 1.82) is 0 Å². The minimum absolute atomic E-state index is 0.0189. The summed E-state index contributed by atoms with van der Waals surface area (Å²) in [6.45, 7) is 5.52. The van der Waals surface area contributed by atoms with Gasteiger partial charge in [-0.05, 0) is 69.4 Å². The molecular weight excluding hydrogens is 752 g/mol. The minimum atomic E-state index is -1.68. The normalized spacial score (nSPS) is 20.2. The molecule has 0 aliphatic carbocycles. The van der Waals surface area contributed by atoms with Crippen LogP contribution in [0.15, 0.2) is 60.7 Å². The number of carbonyl (C=O) groups excluding carboxylic acids is 1. The molecule has 4 aromatic carbocycles. The van der Waals surface area contributed by atoms with Crippen LogP contribution in [0, 0.1) is 0 Å². The predicted octanol–water partition coefficient (Wildman–Crippen LogP) is 4.91. The number of phenols is 2. The number of fused-ring (bicyclic) bond motifs is 6. The molecule has 14 nitrogen and oxygen atoms in total. The van der Waals surface area contributed by atoms with Crippen LogP contribution in [0.25, 0.3) is 10.8 Å². The Morgan fingerprint density at radius 3 is 1.07 bits per heavy atom. The minimum Gasteiger partial charge on any atom is -0.508 e. The molecule has 312 valence electrons. The Labute approximate surface area is 337 Å². The van der Waals surface area contributed by atoms with E-state index < -0.39 is 11.6 Å². The van der Waals surface area contributed by atoms with E-state index in [4.69, 9.17) is 52.1 Å². The molecule has 0 amide bonds. The Morgan fingerprint density at radius 2 is 0.724 bits per heavy atom. The Hall–Kier alpha value is -4.19. The topological polar surface area (TPSA) is 159 Å². The molecule has 0 saturated carbocycles. The molecule has 7 rings (SSSR count). The largest absolute Gasteiger partial charge is 0.508 e. The highest BCUT2D eigenvalue weighted by Crippen LogP contribution is 2.53. The Balaban J connectivity index is 1.43. The van der Waals surface area contributed by atoms with Crippen molar-refractivity contribution < 1.29 is 67.1 Å². The average molecular weight is 805 g/mol. The number of cyclic esters (lactones) is 1. The van der Waals surface area contributed by atoms with Gasteiger partial charge in [0, 0.05) is 16.7 Å². The monoisotopic (exact) mass is 804 g/mol. The number of hydrogen-bond acceptors (Lipinski definition) is 14. The second kappa shape index (κ2) is 21.2. The van der Waals surface area contributed by atoms with Crippen molar-refractivity contribution in [2.45, 2.75) is 32.0 Å². The molecule has 0 aromatic heterocycles. The van der Waals surface area contributed by atoms with Gasteiger partial charge in [0.2, 0.25) is 0 Å². The lowest BCUT2D eigenvalue weighted by atomic mass is 9.72. The van der Waals surface area contributed by atoms with Crippen LogP contribution >= 0.6 is 0 Å². The zero-order chi connectivity index (χ0) is 40.0. The van der Waals surface area contributed by atoms with Crippen LogP contribution in [0.3, 0.4) is 0 Å². The van der Waals surface area contributed by atoms with Crippen molar-refractivity contribution in [3.8, 4) is 11.5 Å². The van der Waals surface area contributed by atoms with Gasteiger partial charge in [-0.25, -0.2) is 4.79 Å². The number of benzene rings is 4. The summed E-state index contributed by atoms with van der Waals surface area (Å²) in [5.74, 6) is -0.583. The molecule has 0 saturated heterocycles. The fourth-order valence-electron chi connectivity index (χ4n) is 7.59. The van der Waals surface area contributed by atoms with E-state index in [1.807, 2.05) is 36.4 Å². The molecule has 0 spiro atoms. The van der Waals surface area contributed by atoms with Gasteiger partial charge in [-0.3, -0.25) is 0 Å². The third kappa shape index (κ3) is 10.3. The maximum Gasteiger partial charge on any atom is 0.340 e. The molecular formula is C44H52O14. The van der Waals surface area contributed by atoms with Crippen LogP contribution in [0.4, 0.5) is 0 Å². The molecule has 3 aliphatic heterocycles. The molecule has 2 N–H and O–H groups in total. The number of rotatable bonds is 2. The summed E-state index contributed by atoms with van der Waals surface area (Å²) in [5.41, 5.74) is 2.57. The van der Waals surface area contributed by atoms with E-state index in [-0.39, 0.29) is 64.4 Å². The van der Waals surface area contributed by atoms with E-state index in [0.29, 0.717) is 124 Å². The lowest BCUT2D eigenvalue weighted by molar-refractivity contribution is -0.0168. The first kappa shape index (κ1) is 42.0. The number of esters is 1.